The maximum atomic E-state index is 13.8. The van der Waals surface area contributed by atoms with E-state index in [2.05, 4.69) is 20.9 Å². The zero-order valence-electron chi connectivity index (χ0n) is 16.9. The molecule has 0 spiro atoms. The van der Waals surface area contributed by atoms with Crippen LogP contribution in [0.1, 0.15) is 17.2 Å². The van der Waals surface area contributed by atoms with Gasteiger partial charge in [-0.05, 0) is 0 Å². The van der Waals surface area contributed by atoms with Crippen LogP contribution in [0.15, 0.2) is 71.3 Å². The molecule has 5 rings (SSSR count). The Labute approximate surface area is 197 Å². The zero-order valence-corrected chi connectivity index (χ0v) is 20.6. The summed E-state index contributed by atoms with van der Waals surface area (Å²) in [6.45, 7) is 0. The number of nitrogens with zero attached hydrogens (tertiary/aromatic N) is 1. The molecule has 9 heteroatoms. The van der Waals surface area contributed by atoms with E-state index < -0.39 is 41.7 Å². The first kappa shape index (κ1) is 21.3. The molecule has 3 aromatic rings. The summed E-state index contributed by atoms with van der Waals surface area (Å²) >= 11 is -0.499. The Morgan fingerprint density at radius 2 is 1.88 bits per heavy atom. The summed E-state index contributed by atoms with van der Waals surface area (Å²) in [5, 5.41) is 11.7. The molecule has 2 aliphatic heterocycles. The molecule has 5 atom stereocenters. The van der Waals surface area contributed by atoms with Crippen molar-refractivity contribution in [1.29, 1.82) is 0 Å². The first-order chi connectivity index (χ1) is 15.4. The van der Waals surface area contributed by atoms with Gasteiger partial charge >= 0.3 is 197 Å². The number of aromatic nitrogens is 1. The number of pyridine rings is 1. The van der Waals surface area contributed by atoms with Crippen molar-refractivity contribution in [2.45, 2.75) is 21.1 Å². The Morgan fingerprint density at radius 3 is 2.56 bits per heavy atom. The fraction of sp³-hybridized carbons (Fsp3) is 0.217. The maximum absolute atomic E-state index is 13.8. The molecule has 0 aliphatic carbocycles. The summed E-state index contributed by atoms with van der Waals surface area (Å²) in [5.74, 6) is -0.186. The van der Waals surface area contributed by atoms with E-state index in [1.165, 1.54) is 13.3 Å². The minimum atomic E-state index is -3.84. The second-order valence-corrected chi connectivity index (χ2v) is 13.0. The number of carbonyl (C=O) groups is 1. The topological polar surface area (TPSA) is 95.0 Å². The number of benzene rings is 2. The fourth-order valence-electron chi connectivity index (χ4n) is 4.41. The van der Waals surface area contributed by atoms with E-state index in [1.807, 2.05) is 30.3 Å². The first-order valence-corrected chi connectivity index (χ1v) is 13.8. The van der Waals surface area contributed by atoms with Gasteiger partial charge < -0.3 is 0 Å². The Balaban J connectivity index is 1.58. The number of carbonyl (C=O) groups excluding carboxylic acids is 1. The third kappa shape index (κ3) is 3.29. The molecule has 1 saturated heterocycles. The number of hydrogen-bond donors (Lipinski definition) is 1. The second-order valence-electron chi connectivity index (χ2n) is 7.68. The van der Waals surface area contributed by atoms with Gasteiger partial charge in [0.2, 0.25) is 0 Å². The molecule has 0 saturated carbocycles. The average Bonchev–Trinajstić information content (AvgIpc) is 3.22. The third-order valence-electron chi connectivity index (χ3n) is 5.90. The minimum absolute atomic E-state index is 0.188. The molecule has 0 radical (unpaired) electrons. The van der Waals surface area contributed by atoms with Crippen molar-refractivity contribution in [3.63, 3.8) is 0 Å². The number of halogens is 1. The Kier molecular flexibility index (Phi) is 5.40. The van der Waals surface area contributed by atoms with Crippen molar-refractivity contribution in [3.05, 3.63) is 82.6 Å². The molecule has 1 N–H and O–H groups in total. The fourth-order valence-corrected chi connectivity index (χ4v) is 9.67. The summed E-state index contributed by atoms with van der Waals surface area (Å²) in [6.07, 6.45) is 0.522. The van der Waals surface area contributed by atoms with Gasteiger partial charge in [-0.1, -0.05) is 0 Å². The first-order valence-electron chi connectivity index (χ1n) is 9.93. The van der Waals surface area contributed by atoms with Gasteiger partial charge in [0.15, 0.2) is 0 Å². The van der Waals surface area contributed by atoms with E-state index in [-0.39, 0.29) is 5.69 Å². The number of fused-ring (bicyclic) bond motifs is 3. The molecule has 0 amide bonds. The van der Waals surface area contributed by atoms with E-state index in [9.17, 15) is 13.6 Å². The molecule has 2 aromatic carbocycles. The van der Waals surface area contributed by atoms with Crippen molar-refractivity contribution in [1.82, 2.24) is 4.98 Å². The standard InChI is InChI=1S/C23H19AsBrNO6/c1-30-16-11-17-20(26-12-16)23(28)21(32-17)18(13-5-3-2-4-6-13)19(24(23)29)22(27)31-15-9-7-14(25)8-10-15/h2-12,18-19,21,24,28H,1H3. The van der Waals surface area contributed by atoms with Gasteiger partial charge in [0.05, 0.1) is 0 Å². The molecule has 32 heavy (non-hydrogen) atoms. The van der Waals surface area contributed by atoms with Crippen molar-refractivity contribution in [2.24, 2.45) is 0 Å². The molecular formula is C23H19AsBrNO6. The predicted octanol–water partition coefficient (Wildman–Crippen LogP) is 3.27. The number of hydrogen-bond acceptors (Lipinski definition) is 7. The summed E-state index contributed by atoms with van der Waals surface area (Å²) in [4.78, 5) is 17.6. The van der Waals surface area contributed by atoms with Crippen molar-refractivity contribution in [3.8, 4) is 17.2 Å². The monoisotopic (exact) mass is 559 g/mol. The number of esters is 1. The van der Waals surface area contributed by atoms with Gasteiger partial charge in [0.1, 0.15) is 0 Å². The van der Waals surface area contributed by atoms with Gasteiger partial charge in [-0.2, -0.15) is 0 Å². The number of aliphatic hydroxyl groups is 1. The normalized spacial score (nSPS) is 27.8. The van der Waals surface area contributed by atoms with Crippen LogP contribution in [0.2, 0.25) is 4.71 Å². The summed E-state index contributed by atoms with van der Waals surface area (Å²) in [7, 11) is 1.50. The number of methoxy groups -OCH3 is 1. The Morgan fingerprint density at radius 1 is 1.16 bits per heavy atom. The van der Waals surface area contributed by atoms with Crippen molar-refractivity contribution < 1.29 is 27.9 Å². The van der Waals surface area contributed by atoms with Gasteiger partial charge in [0.25, 0.3) is 0 Å². The second kappa shape index (κ2) is 8.10. The van der Waals surface area contributed by atoms with Crippen molar-refractivity contribution >= 4 is 36.5 Å². The molecule has 0 bridgehead atoms. The summed E-state index contributed by atoms with van der Waals surface area (Å²) in [5.41, 5.74) is 0.931. The van der Waals surface area contributed by atoms with E-state index in [0.717, 1.165) is 10.0 Å². The Hall–Kier alpha value is -2.54. The van der Waals surface area contributed by atoms with Crippen LogP contribution in [0.4, 0.5) is 0 Å². The molecule has 2 aliphatic rings. The average molecular weight is 560 g/mol. The number of rotatable bonds is 4. The quantitative estimate of drug-likeness (QED) is 0.298. The van der Waals surface area contributed by atoms with Gasteiger partial charge in [-0.25, -0.2) is 0 Å². The van der Waals surface area contributed by atoms with Gasteiger partial charge in [-0.15, -0.1) is 0 Å². The van der Waals surface area contributed by atoms with Crippen LogP contribution in [0.5, 0.6) is 17.2 Å². The molecule has 7 nitrogen and oxygen atoms in total. The van der Waals surface area contributed by atoms with Gasteiger partial charge in [-0.3, -0.25) is 0 Å². The van der Waals surface area contributed by atoms with Crippen LogP contribution in [0, 0.1) is 0 Å². The third-order valence-corrected chi connectivity index (χ3v) is 11.5. The van der Waals surface area contributed by atoms with Crippen LogP contribution in [-0.2, 0) is 12.9 Å². The Bertz CT molecular complexity index is 1200. The molecule has 3 heterocycles. The van der Waals surface area contributed by atoms with Crippen LogP contribution >= 0.6 is 15.9 Å². The van der Waals surface area contributed by atoms with E-state index in [1.54, 1.807) is 30.3 Å². The van der Waals surface area contributed by atoms with E-state index in [0.29, 0.717) is 17.2 Å². The molecule has 164 valence electrons. The summed E-state index contributed by atoms with van der Waals surface area (Å²) in [6, 6.07) is 17.6. The van der Waals surface area contributed by atoms with E-state index >= 15 is 0 Å². The van der Waals surface area contributed by atoms with Crippen LogP contribution < -0.4 is 14.2 Å². The van der Waals surface area contributed by atoms with Crippen LogP contribution in [-0.4, -0.2) is 43.9 Å². The van der Waals surface area contributed by atoms with Crippen LogP contribution in [0.3, 0.4) is 0 Å². The molecular weight excluding hydrogens is 541 g/mol. The van der Waals surface area contributed by atoms with Crippen LogP contribution in [0.25, 0.3) is 0 Å². The zero-order chi connectivity index (χ0) is 22.5. The predicted molar refractivity (Wildman–Crippen MR) is 120 cm³/mol. The van der Waals surface area contributed by atoms with Gasteiger partial charge in [0, 0.05) is 0 Å². The number of ether oxygens (including phenoxy) is 3. The summed E-state index contributed by atoms with van der Waals surface area (Å²) < 4.78 is 28.7. The molecule has 5 unspecified atom stereocenters. The van der Waals surface area contributed by atoms with Crippen molar-refractivity contribution in [2.75, 3.05) is 7.11 Å². The SMILES string of the molecule is COc1cnc2c(c1)OC1C(c3ccccc3)C(C(=O)Oc3ccc(Br)cc3)[AsH](=O)C21O. The molecule has 1 aromatic heterocycles. The van der Waals surface area contributed by atoms with E-state index in [4.69, 9.17) is 14.2 Å². The molecule has 1 fully saturated rings.